The Bertz CT molecular complexity index is 915. The molecule has 0 fully saturated rings. The summed E-state index contributed by atoms with van der Waals surface area (Å²) in [6.07, 6.45) is 7.41. The van der Waals surface area contributed by atoms with Crippen LogP contribution in [0.5, 0.6) is 0 Å². The maximum Gasteiger partial charge on any atom is 0.264 e. The van der Waals surface area contributed by atoms with Gasteiger partial charge < -0.3 is 5.32 Å². The molecule has 1 atom stereocenters. The summed E-state index contributed by atoms with van der Waals surface area (Å²) in [6, 6.07) is 13.2. The van der Waals surface area contributed by atoms with Gasteiger partial charge in [-0.05, 0) is 42.3 Å². The molecule has 1 unspecified atom stereocenters. The lowest BCUT2D eigenvalue weighted by molar-refractivity contribution is 0.539. The molecular formula is C22H29BrN2O2S. The minimum Gasteiger partial charge on any atom is -0.306 e. The van der Waals surface area contributed by atoms with Gasteiger partial charge in [0.05, 0.1) is 16.6 Å². The number of halogens is 1. The molecule has 2 aromatic rings. The second-order valence-corrected chi connectivity index (χ2v) is 10.2. The Morgan fingerprint density at radius 2 is 1.71 bits per heavy atom. The van der Waals surface area contributed by atoms with E-state index in [1.54, 1.807) is 13.1 Å². The Labute approximate surface area is 177 Å². The number of sulfonamides is 1. The van der Waals surface area contributed by atoms with Crippen LogP contribution in [-0.4, -0.2) is 22.0 Å². The predicted molar refractivity (Wildman–Crippen MR) is 119 cm³/mol. The van der Waals surface area contributed by atoms with Gasteiger partial charge in [0.2, 0.25) is 0 Å². The van der Waals surface area contributed by atoms with E-state index in [9.17, 15) is 8.42 Å². The van der Waals surface area contributed by atoms with Crippen LogP contribution in [-0.2, 0) is 10.0 Å². The molecule has 1 aliphatic rings. The Morgan fingerprint density at radius 3 is 2.50 bits per heavy atom. The van der Waals surface area contributed by atoms with Crippen LogP contribution >= 0.6 is 15.9 Å². The number of para-hydroxylation sites is 1. The third-order valence-electron chi connectivity index (χ3n) is 5.39. The number of benzene rings is 2. The van der Waals surface area contributed by atoms with Crippen molar-refractivity contribution in [3.05, 3.63) is 58.1 Å². The molecule has 6 heteroatoms. The van der Waals surface area contributed by atoms with E-state index in [4.69, 9.17) is 0 Å². The number of nitrogens with one attached hydrogen (secondary N) is 1. The number of unbranched alkanes of at least 4 members (excludes halogenated alkanes) is 5. The number of anilines is 1. The van der Waals surface area contributed by atoms with Crippen molar-refractivity contribution in [3.63, 3.8) is 0 Å². The van der Waals surface area contributed by atoms with Gasteiger partial charge in [0.25, 0.3) is 10.0 Å². The van der Waals surface area contributed by atoms with Crippen LogP contribution in [0.15, 0.2) is 51.8 Å². The highest BCUT2D eigenvalue weighted by Crippen LogP contribution is 2.40. The van der Waals surface area contributed by atoms with Crippen molar-refractivity contribution in [2.24, 2.45) is 0 Å². The number of hydrogen-bond donors (Lipinski definition) is 1. The zero-order chi connectivity index (χ0) is 20.1. The molecule has 2 aromatic carbocycles. The summed E-state index contributed by atoms with van der Waals surface area (Å²) in [7, 11) is -1.97. The normalized spacial score (nSPS) is 17.7. The van der Waals surface area contributed by atoms with E-state index in [1.807, 2.05) is 36.4 Å². The van der Waals surface area contributed by atoms with Crippen LogP contribution in [0.25, 0.3) is 0 Å². The van der Waals surface area contributed by atoms with Crippen LogP contribution in [0.1, 0.15) is 62.6 Å². The molecule has 0 aromatic heterocycles. The lowest BCUT2D eigenvalue weighted by Crippen LogP contribution is -2.26. The topological polar surface area (TPSA) is 49.4 Å². The predicted octanol–water partition coefficient (Wildman–Crippen LogP) is 5.63. The number of rotatable bonds is 8. The van der Waals surface area contributed by atoms with E-state index in [0.29, 0.717) is 4.90 Å². The highest BCUT2D eigenvalue weighted by atomic mass is 79.9. The molecule has 0 saturated heterocycles. The molecule has 0 radical (unpaired) electrons. The van der Waals surface area contributed by atoms with Crippen molar-refractivity contribution in [1.29, 1.82) is 0 Å². The first-order chi connectivity index (χ1) is 13.5. The first-order valence-electron chi connectivity index (χ1n) is 10.1. The SMILES string of the molecule is CCCCCCCCNC1c2ccccc2N(C)S(=O)(=O)c2cc(Br)ccc21. The smallest absolute Gasteiger partial charge is 0.264 e. The fourth-order valence-electron chi connectivity index (χ4n) is 3.80. The third kappa shape index (κ3) is 4.44. The average molecular weight is 465 g/mol. The van der Waals surface area contributed by atoms with Crippen molar-refractivity contribution in [2.75, 3.05) is 17.9 Å². The number of hydrogen-bond acceptors (Lipinski definition) is 3. The molecule has 0 amide bonds. The van der Waals surface area contributed by atoms with Gasteiger partial charge in [-0.15, -0.1) is 0 Å². The van der Waals surface area contributed by atoms with E-state index in [1.165, 1.54) is 36.4 Å². The number of nitrogens with zero attached hydrogens (tertiary/aromatic N) is 1. The summed E-state index contributed by atoms with van der Waals surface area (Å²) in [4.78, 5) is 0.362. The zero-order valence-electron chi connectivity index (χ0n) is 16.6. The van der Waals surface area contributed by atoms with E-state index in [-0.39, 0.29) is 6.04 Å². The van der Waals surface area contributed by atoms with Crippen LogP contribution in [0.2, 0.25) is 0 Å². The molecule has 0 saturated carbocycles. The van der Waals surface area contributed by atoms with E-state index >= 15 is 0 Å². The fraction of sp³-hybridized carbons (Fsp3) is 0.455. The highest BCUT2D eigenvalue weighted by molar-refractivity contribution is 9.10. The molecule has 0 bridgehead atoms. The van der Waals surface area contributed by atoms with Gasteiger partial charge in [0.1, 0.15) is 0 Å². The Hall–Kier alpha value is -1.37. The van der Waals surface area contributed by atoms with Gasteiger partial charge >= 0.3 is 0 Å². The van der Waals surface area contributed by atoms with Crippen LogP contribution in [0, 0.1) is 0 Å². The molecule has 3 rings (SSSR count). The first-order valence-corrected chi connectivity index (χ1v) is 12.3. The van der Waals surface area contributed by atoms with Gasteiger partial charge in [0.15, 0.2) is 0 Å². The van der Waals surface area contributed by atoms with E-state index in [0.717, 1.165) is 34.3 Å². The summed E-state index contributed by atoms with van der Waals surface area (Å²) < 4.78 is 28.6. The molecule has 1 heterocycles. The summed E-state index contributed by atoms with van der Waals surface area (Å²) in [5, 5.41) is 3.64. The second-order valence-electron chi connectivity index (χ2n) is 7.37. The Balaban J connectivity index is 1.90. The van der Waals surface area contributed by atoms with Gasteiger partial charge in [0, 0.05) is 11.5 Å². The maximum absolute atomic E-state index is 13.2. The molecule has 0 spiro atoms. The summed E-state index contributed by atoms with van der Waals surface area (Å²) >= 11 is 3.43. The van der Waals surface area contributed by atoms with Crippen molar-refractivity contribution in [1.82, 2.24) is 5.32 Å². The monoisotopic (exact) mass is 464 g/mol. The Kier molecular flexibility index (Phi) is 7.18. The van der Waals surface area contributed by atoms with E-state index in [2.05, 4.69) is 28.2 Å². The lowest BCUT2D eigenvalue weighted by Gasteiger charge is -2.22. The average Bonchev–Trinajstić information content (AvgIpc) is 2.75. The minimum absolute atomic E-state index is 0.144. The van der Waals surface area contributed by atoms with Gasteiger partial charge in [-0.1, -0.05) is 79.2 Å². The molecule has 1 aliphatic heterocycles. The van der Waals surface area contributed by atoms with Crippen molar-refractivity contribution < 1.29 is 8.42 Å². The van der Waals surface area contributed by atoms with Crippen molar-refractivity contribution in [3.8, 4) is 0 Å². The zero-order valence-corrected chi connectivity index (χ0v) is 19.0. The van der Waals surface area contributed by atoms with Crippen LogP contribution < -0.4 is 9.62 Å². The van der Waals surface area contributed by atoms with E-state index < -0.39 is 10.0 Å². The summed E-state index contributed by atoms with van der Waals surface area (Å²) in [5.41, 5.74) is 2.54. The standard InChI is InChI=1S/C22H29BrN2O2S/c1-3-4-5-6-7-10-15-24-22-18-11-8-9-12-20(18)25(2)28(26,27)21-16-17(23)13-14-19(21)22/h8-9,11-14,16,22,24H,3-7,10,15H2,1-2H3. The highest BCUT2D eigenvalue weighted by Gasteiger charge is 2.34. The quantitative estimate of drug-likeness (QED) is 0.515. The summed E-state index contributed by atoms with van der Waals surface area (Å²) in [5.74, 6) is 0. The molecule has 4 nitrogen and oxygen atoms in total. The van der Waals surface area contributed by atoms with Gasteiger partial charge in [-0.3, -0.25) is 4.31 Å². The maximum atomic E-state index is 13.2. The van der Waals surface area contributed by atoms with Gasteiger partial charge in [-0.25, -0.2) is 8.42 Å². The van der Waals surface area contributed by atoms with Crippen LogP contribution in [0.4, 0.5) is 5.69 Å². The minimum atomic E-state index is -3.61. The molecule has 28 heavy (non-hydrogen) atoms. The summed E-state index contributed by atoms with van der Waals surface area (Å²) in [6.45, 7) is 3.09. The first kappa shape index (κ1) is 21.3. The van der Waals surface area contributed by atoms with Crippen LogP contribution in [0.3, 0.4) is 0 Å². The molecule has 0 aliphatic carbocycles. The molecule has 1 N–H and O–H groups in total. The lowest BCUT2D eigenvalue weighted by atomic mass is 9.96. The van der Waals surface area contributed by atoms with Crippen molar-refractivity contribution >= 4 is 31.6 Å². The molecular weight excluding hydrogens is 436 g/mol. The third-order valence-corrected chi connectivity index (χ3v) is 7.71. The fourth-order valence-corrected chi connectivity index (χ4v) is 5.80. The molecule has 152 valence electrons. The Morgan fingerprint density at radius 1 is 1.00 bits per heavy atom. The largest absolute Gasteiger partial charge is 0.306 e. The number of fused-ring (bicyclic) bond motifs is 2. The second kappa shape index (κ2) is 9.42. The van der Waals surface area contributed by atoms with Gasteiger partial charge in [-0.2, -0.15) is 0 Å². The van der Waals surface area contributed by atoms with Crippen molar-refractivity contribution in [2.45, 2.75) is 56.4 Å².